The van der Waals surface area contributed by atoms with Gasteiger partial charge in [0.15, 0.2) is 17.5 Å². The number of rotatable bonds is 2. The molecule has 0 saturated heterocycles. The molecule has 0 spiro atoms. The van der Waals surface area contributed by atoms with Crippen LogP contribution in [-0.4, -0.2) is 9.97 Å². The van der Waals surface area contributed by atoms with E-state index in [1.54, 1.807) is 6.92 Å². The van der Waals surface area contributed by atoms with Gasteiger partial charge in [-0.15, -0.1) is 0 Å². The molecule has 2 aromatic rings. The molecule has 3 N–H and O–H groups in total. The van der Waals surface area contributed by atoms with Crippen LogP contribution in [0.2, 0.25) is 0 Å². The molecule has 0 atom stereocenters. The molecule has 94 valence electrons. The van der Waals surface area contributed by atoms with Crippen molar-refractivity contribution < 1.29 is 13.2 Å². The second-order valence-electron chi connectivity index (χ2n) is 3.57. The number of nitrogens with one attached hydrogen (secondary N) is 1. The molecule has 7 heteroatoms. The SMILES string of the molecule is Cc1nc(N)cc(Nc2ccc(F)c(F)c2F)n1. The van der Waals surface area contributed by atoms with Crippen LogP contribution in [-0.2, 0) is 0 Å². The predicted octanol–water partition coefficient (Wildman–Crippen LogP) is 2.53. The predicted molar refractivity (Wildman–Crippen MR) is 60.8 cm³/mol. The first-order valence-corrected chi connectivity index (χ1v) is 4.99. The maximum absolute atomic E-state index is 13.4. The molecule has 2 rings (SSSR count). The van der Waals surface area contributed by atoms with Gasteiger partial charge >= 0.3 is 0 Å². The summed E-state index contributed by atoms with van der Waals surface area (Å²) in [5, 5.41) is 2.51. The van der Waals surface area contributed by atoms with Gasteiger partial charge < -0.3 is 11.1 Å². The third kappa shape index (κ3) is 2.34. The van der Waals surface area contributed by atoms with Gasteiger partial charge in [0.05, 0.1) is 5.69 Å². The first kappa shape index (κ1) is 12.2. The van der Waals surface area contributed by atoms with Crippen LogP contribution < -0.4 is 11.1 Å². The number of anilines is 3. The number of aryl methyl sites for hydroxylation is 1. The van der Waals surface area contributed by atoms with E-state index in [0.717, 1.165) is 12.1 Å². The minimum absolute atomic E-state index is 0.188. The summed E-state index contributed by atoms with van der Waals surface area (Å²) < 4.78 is 39.1. The monoisotopic (exact) mass is 254 g/mol. The topological polar surface area (TPSA) is 63.8 Å². The summed E-state index contributed by atoms with van der Waals surface area (Å²) in [4.78, 5) is 7.77. The fourth-order valence-corrected chi connectivity index (χ4v) is 1.42. The third-order valence-electron chi connectivity index (χ3n) is 2.16. The van der Waals surface area contributed by atoms with Gasteiger partial charge in [-0.05, 0) is 19.1 Å². The largest absolute Gasteiger partial charge is 0.384 e. The Hall–Kier alpha value is -2.31. The highest BCUT2D eigenvalue weighted by Gasteiger charge is 2.13. The molecule has 0 fully saturated rings. The molecule has 0 bridgehead atoms. The Morgan fingerprint density at radius 1 is 1.11 bits per heavy atom. The fraction of sp³-hybridized carbons (Fsp3) is 0.0909. The number of benzene rings is 1. The summed E-state index contributed by atoms with van der Waals surface area (Å²) in [5.74, 6) is -3.35. The summed E-state index contributed by atoms with van der Waals surface area (Å²) in [5.41, 5.74) is 5.26. The Bertz CT molecular complexity index is 581. The molecule has 0 aliphatic rings. The van der Waals surface area contributed by atoms with E-state index < -0.39 is 17.5 Å². The first-order chi connectivity index (χ1) is 8.47. The van der Waals surface area contributed by atoms with Crippen LogP contribution in [0.25, 0.3) is 0 Å². The van der Waals surface area contributed by atoms with Crippen molar-refractivity contribution in [1.29, 1.82) is 0 Å². The lowest BCUT2D eigenvalue weighted by Crippen LogP contribution is -2.03. The Labute approximate surface area is 101 Å². The molecular weight excluding hydrogens is 245 g/mol. The highest BCUT2D eigenvalue weighted by molar-refractivity contribution is 5.59. The van der Waals surface area contributed by atoms with Crippen molar-refractivity contribution in [3.63, 3.8) is 0 Å². The summed E-state index contributed by atoms with van der Waals surface area (Å²) >= 11 is 0. The van der Waals surface area contributed by atoms with Crippen LogP contribution in [0.15, 0.2) is 18.2 Å². The van der Waals surface area contributed by atoms with Crippen molar-refractivity contribution in [2.24, 2.45) is 0 Å². The average molecular weight is 254 g/mol. The van der Waals surface area contributed by atoms with E-state index in [1.165, 1.54) is 6.07 Å². The van der Waals surface area contributed by atoms with Crippen LogP contribution in [0, 0.1) is 24.4 Å². The van der Waals surface area contributed by atoms with Gasteiger partial charge in [0.25, 0.3) is 0 Å². The third-order valence-corrected chi connectivity index (χ3v) is 2.16. The molecule has 0 aliphatic heterocycles. The molecule has 1 aromatic heterocycles. The van der Waals surface area contributed by atoms with Crippen LogP contribution in [0.1, 0.15) is 5.82 Å². The number of hydrogen-bond donors (Lipinski definition) is 2. The number of halogens is 3. The molecular formula is C11H9F3N4. The second kappa shape index (κ2) is 4.52. The summed E-state index contributed by atoms with van der Waals surface area (Å²) in [6.45, 7) is 1.60. The molecule has 0 aliphatic carbocycles. The standard InChI is InChI=1S/C11H9F3N4/c1-5-16-8(15)4-9(17-5)18-7-3-2-6(12)10(13)11(7)14/h2-4H,1H3,(H3,15,16,17,18). The minimum Gasteiger partial charge on any atom is -0.384 e. The fourth-order valence-electron chi connectivity index (χ4n) is 1.42. The van der Waals surface area contributed by atoms with E-state index in [-0.39, 0.29) is 17.3 Å². The number of nitrogens with zero attached hydrogens (tertiary/aromatic N) is 2. The first-order valence-electron chi connectivity index (χ1n) is 4.99. The minimum atomic E-state index is -1.54. The molecule has 18 heavy (non-hydrogen) atoms. The summed E-state index contributed by atoms with van der Waals surface area (Å²) in [7, 11) is 0. The van der Waals surface area contributed by atoms with E-state index in [0.29, 0.717) is 5.82 Å². The van der Waals surface area contributed by atoms with Crippen LogP contribution >= 0.6 is 0 Å². The number of hydrogen-bond acceptors (Lipinski definition) is 4. The van der Waals surface area contributed by atoms with Gasteiger partial charge in [-0.3, -0.25) is 0 Å². The van der Waals surface area contributed by atoms with Gasteiger partial charge in [0.1, 0.15) is 17.5 Å². The molecule has 1 aromatic carbocycles. The van der Waals surface area contributed by atoms with Crippen molar-refractivity contribution in [1.82, 2.24) is 9.97 Å². The normalized spacial score (nSPS) is 10.4. The highest BCUT2D eigenvalue weighted by atomic mass is 19.2. The Kier molecular flexibility index (Phi) is 3.05. The number of aromatic nitrogens is 2. The van der Waals surface area contributed by atoms with Gasteiger partial charge in [-0.25, -0.2) is 23.1 Å². The van der Waals surface area contributed by atoms with E-state index >= 15 is 0 Å². The number of nitrogen functional groups attached to an aromatic ring is 1. The average Bonchev–Trinajstić information content (AvgIpc) is 2.29. The zero-order chi connectivity index (χ0) is 13.3. The Balaban J connectivity index is 2.37. The van der Waals surface area contributed by atoms with Crippen molar-refractivity contribution in [3.05, 3.63) is 41.5 Å². The summed E-state index contributed by atoms with van der Waals surface area (Å²) in [6.07, 6.45) is 0. The zero-order valence-corrected chi connectivity index (χ0v) is 9.34. The second-order valence-corrected chi connectivity index (χ2v) is 3.57. The van der Waals surface area contributed by atoms with E-state index in [1.807, 2.05) is 0 Å². The molecule has 1 heterocycles. The van der Waals surface area contributed by atoms with E-state index in [4.69, 9.17) is 5.73 Å². The van der Waals surface area contributed by atoms with Crippen LogP contribution in [0.5, 0.6) is 0 Å². The van der Waals surface area contributed by atoms with Gasteiger partial charge in [-0.1, -0.05) is 0 Å². The maximum Gasteiger partial charge on any atom is 0.196 e. The van der Waals surface area contributed by atoms with Crippen LogP contribution in [0.4, 0.5) is 30.5 Å². The molecule has 0 amide bonds. The lowest BCUT2D eigenvalue weighted by molar-refractivity contribution is 0.449. The smallest absolute Gasteiger partial charge is 0.196 e. The maximum atomic E-state index is 13.4. The Morgan fingerprint density at radius 3 is 2.50 bits per heavy atom. The van der Waals surface area contributed by atoms with Crippen molar-refractivity contribution in [3.8, 4) is 0 Å². The molecule has 0 unspecified atom stereocenters. The molecule has 0 saturated carbocycles. The molecule has 4 nitrogen and oxygen atoms in total. The highest BCUT2D eigenvalue weighted by Crippen LogP contribution is 2.23. The number of nitrogens with two attached hydrogens (primary N) is 1. The van der Waals surface area contributed by atoms with Crippen molar-refractivity contribution >= 4 is 17.3 Å². The van der Waals surface area contributed by atoms with Gasteiger partial charge in [0, 0.05) is 6.07 Å². The zero-order valence-electron chi connectivity index (χ0n) is 9.34. The quantitative estimate of drug-likeness (QED) is 0.808. The van der Waals surface area contributed by atoms with Gasteiger partial charge in [-0.2, -0.15) is 0 Å². The lowest BCUT2D eigenvalue weighted by Gasteiger charge is -2.08. The summed E-state index contributed by atoms with van der Waals surface area (Å²) in [6, 6.07) is 3.24. The lowest BCUT2D eigenvalue weighted by atomic mass is 10.2. The molecule has 0 radical (unpaired) electrons. The van der Waals surface area contributed by atoms with Crippen LogP contribution in [0.3, 0.4) is 0 Å². The van der Waals surface area contributed by atoms with Crippen molar-refractivity contribution in [2.45, 2.75) is 6.92 Å². The van der Waals surface area contributed by atoms with Crippen molar-refractivity contribution in [2.75, 3.05) is 11.1 Å². The van der Waals surface area contributed by atoms with Gasteiger partial charge in [0.2, 0.25) is 0 Å². The van der Waals surface area contributed by atoms with E-state index in [2.05, 4.69) is 15.3 Å². The van der Waals surface area contributed by atoms with E-state index in [9.17, 15) is 13.2 Å². The Morgan fingerprint density at radius 2 is 1.83 bits per heavy atom.